The van der Waals surface area contributed by atoms with E-state index in [0.29, 0.717) is 0 Å². The van der Waals surface area contributed by atoms with Crippen molar-refractivity contribution in [2.75, 3.05) is 0 Å². The van der Waals surface area contributed by atoms with Crippen LogP contribution in [0.25, 0.3) is 11.3 Å². The van der Waals surface area contributed by atoms with Gasteiger partial charge in [0.05, 0.1) is 35.6 Å². The molecule has 3 atom stereocenters. The van der Waals surface area contributed by atoms with Crippen molar-refractivity contribution in [3.63, 3.8) is 0 Å². The maximum absolute atomic E-state index is 11.0. The van der Waals surface area contributed by atoms with Crippen LogP contribution in [0, 0.1) is 12.8 Å². The van der Waals surface area contributed by atoms with Gasteiger partial charge in [0.2, 0.25) is 0 Å². The second-order valence-corrected chi connectivity index (χ2v) is 6.55. The van der Waals surface area contributed by atoms with Crippen LogP contribution in [0.2, 0.25) is 0 Å². The van der Waals surface area contributed by atoms with E-state index in [-0.39, 0.29) is 12.0 Å². The van der Waals surface area contributed by atoms with Crippen molar-refractivity contribution in [1.82, 2.24) is 19.3 Å². The summed E-state index contributed by atoms with van der Waals surface area (Å²) in [6, 6.07) is 10.6. The number of aryl methyl sites for hydroxylation is 2. The molecule has 5 heteroatoms. The zero-order valence-corrected chi connectivity index (χ0v) is 12.9. The van der Waals surface area contributed by atoms with Crippen LogP contribution in [0.5, 0.6) is 0 Å². The van der Waals surface area contributed by atoms with E-state index in [4.69, 9.17) is 0 Å². The number of nitrogens with zero attached hydrogens (tertiary/aromatic N) is 4. The predicted molar refractivity (Wildman–Crippen MR) is 85.8 cm³/mol. The SMILES string of the molecule is Cc1cc2n(n1)CC[C@@H]([C@H]1c3ccccc3-c3cncn31)[C@@H]2O. The van der Waals surface area contributed by atoms with Gasteiger partial charge in [0.15, 0.2) is 0 Å². The van der Waals surface area contributed by atoms with Crippen molar-refractivity contribution in [2.24, 2.45) is 5.92 Å². The van der Waals surface area contributed by atoms with Gasteiger partial charge in [0.25, 0.3) is 0 Å². The maximum Gasteiger partial charge on any atom is 0.101 e. The summed E-state index contributed by atoms with van der Waals surface area (Å²) in [6.45, 7) is 2.83. The number of rotatable bonds is 1. The molecule has 116 valence electrons. The number of aliphatic hydroxyl groups excluding tert-OH is 1. The summed E-state index contributed by atoms with van der Waals surface area (Å²) in [5.41, 5.74) is 5.57. The molecule has 4 heterocycles. The second kappa shape index (κ2) is 4.55. The summed E-state index contributed by atoms with van der Waals surface area (Å²) >= 11 is 0. The highest BCUT2D eigenvalue weighted by Crippen LogP contribution is 2.48. The van der Waals surface area contributed by atoms with Gasteiger partial charge in [-0.3, -0.25) is 4.68 Å². The van der Waals surface area contributed by atoms with Crippen LogP contribution in [0.1, 0.15) is 35.5 Å². The van der Waals surface area contributed by atoms with Gasteiger partial charge in [-0.2, -0.15) is 5.10 Å². The summed E-state index contributed by atoms with van der Waals surface area (Å²) in [5.74, 6) is 0.134. The molecule has 2 aliphatic rings. The summed E-state index contributed by atoms with van der Waals surface area (Å²) < 4.78 is 4.17. The molecule has 0 fully saturated rings. The van der Waals surface area contributed by atoms with Crippen molar-refractivity contribution < 1.29 is 5.11 Å². The molecule has 2 aromatic heterocycles. The summed E-state index contributed by atoms with van der Waals surface area (Å²) in [4.78, 5) is 4.32. The zero-order chi connectivity index (χ0) is 15.6. The van der Waals surface area contributed by atoms with Crippen LogP contribution in [0.4, 0.5) is 0 Å². The van der Waals surface area contributed by atoms with Crippen molar-refractivity contribution in [2.45, 2.75) is 32.0 Å². The lowest BCUT2D eigenvalue weighted by molar-refractivity contribution is 0.0525. The maximum atomic E-state index is 11.0. The van der Waals surface area contributed by atoms with Gasteiger partial charge in [-0.15, -0.1) is 0 Å². The number of aromatic nitrogens is 4. The Labute approximate surface area is 134 Å². The van der Waals surface area contributed by atoms with Gasteiger partial charge in [0, 0.05) is 18.0 Å². The van der Waals surface area contributed by atoms with E-state index >= 15 is 0 Å². The first-order valence-electron chi connectivity index (χ1n) is 8.07. The molecule has 0 saturated heterocycles. The van der Waals surface area contributed by atoms with Crippen LogP contribution >= 0.6 is 0 Å². The second-order valence-electron chi connectivity index (χ2n) is 6.55. The standard InChI is InChI=1S/C18H18N4O/c1-11-8-15-18(23)14(6-7-22(15)20-11)17-13-5-3-2-4-12(13)16-9-19-10-21(16)17/h2-5,8-10,14,17-18,23H,6-7H2,1H3/t14-,17+,18-/m0/s1. The lowest BCUT2D eigenvalue weighted by Crippen LogP contribution is -2.31. The van der Waals surface area contributed by atoms with Gasteiger partial charge in [-0.25, -0.2) is 4.98 Å². The van der Waals surface area contributed by atoms with E-state index in [0.717, 1.165) is 30.0 Å². The Hall–Kier alpha value is -2.40. The first kappa shape index (κ1) is 13.1. The van der Waals surface area contributed by atoms with Crippen molar-refractivity contribution in [3.8, 4) is 11.3 Å². The first-order valence-corrected chi connectivity index (χ1v) is 8.07. The number of aliphatic hydroxyl groups is 1. The fourth-order valence-electron chi connectivity index (χ4n) is 4.27. The molecule has 1 N–H and O–H groups in total. The lowest BCUT2D eigenvalue weighted by Gasteiger charge is -2.34. The molecular weight excluding hydrogens is 288 g/mol. The third-order valence-corrected chi connectivity index (χ3v) is 5.24. The molecule has 0 unspecified atom stereocenters. The quantitative estimate of drug-likeness (QED) is 0.752. The highest BCUT2D eigenvalue weighted by Gasteiger charge is 2.40. The largest absolute Gasteiger partial charge is 0.386 e. The van der Waals surface area contributed by atoms with Crippen LogP contribution in [-0.2, 0) is 6.54 Å². The molecule has 0 saturated carbocycles. The van der Waals surface area contributed by atoms with Gasteiger partial charge < -0.3 is 9.67 Å². The van der Waals surface area contributed by atoms with E-state index < -0.39 is 6.10 Å². The van der Waals surface area contributed by atoms with E-state index in [1.54, 1.807) is 0 Å². The Bertz CT molecular complexity index is 894. The lowest BCUT2D eigenvalue weighted by atomic mass is 9.83. The molecule has 0 radical (unpaired) electrons. The molecule has 0 bridgehead atoms. The fourth-order valence-corrected chi connectivity index (χ4v) is 4.27. The van der Waals surface area contributed by atoms with Crippen molar-refractivity contribution in [3.05, 3.63) is 59.8 Å². The van der Waals surface area contributed by atoms with Gasteiger partial charge >= 0.3 is 0 Å². The Morgan fingerprint density at radius 1 is 1.26 bits per heavy atom. The molecule has 3 aromatic rings. The number of benzene rings is 1. The molecule has 1 aromatic carbocycles. The topological polar surface area (TPSA) is 55.9 Å². The molecule has 0 spiro atoms. The predicted octanol–water partition coefficient (Wildman–Crippen LogP) is 2.71. The average molecular weight is 306 g/mol. The Balaban J connectivity index is 1.63. The minimum atomic E-state index is -0.503. The van der Waals surface area contributed by atoms with Gasteiger partial charge in [-0.1, -0.05) is 24.3 Å². The highest BCUT2D eigenvalue weighted by molar-refractivity contribution is 5.69. The molecule has 2 aliphatic heterocycles. The fraction of sp³-hybridized carbons (Fsp3) is 0.333. The highest BCUT2D eigenvalue weighted by atomic mass is 16.3. The smallest absolute Gasteiger partial charge is 0.101 e. The Kier molecular flexibility index (Phi) is 2.59. The van der Waals surface area contributed by atoms with Crippen molar-refractivity contribution in [1.29, 1.82) is 0 Å². The van der Waals surface area contributed by atoms with Crippen LogP contribution in [0.3, 0.4) is 0 Å². The van der Waals surface area contributed by atoms with Gasteiger partial charge in [0.1, 0.15) is 6.10 Å². The minimum Gasteiger partial charge on any atom is -0.386 e. The monoisotopic (exact) mass is 306 g/mol. The third kappa shape index (κ3) is 1.71. The minimum absolute atomic E-state index is 0.134. The first-order chi connectivity index (χ1) is 11.2. The number of imidazole rings is 1. The van der Waals surface area contributed by atoms with Crippen molar-refractivity contribution >= 4 is 0 Å². The van der Waals surface area contributed by atoms with E-state index in [9.17, 15) is 5.11 Å². The molecule has 0 amide bonds. The number of fused-ring (bicyclic) bond motifs is 4. The molecule has 5 rings (SSSR count). The molecular formula is C18H18N4O. The molecule has 0 aliphatic carbocycles. The Morgan fingerprint density at radius 2 is 2.13 bits per heavy atom. The summed E-state index contributed by atoms with van der Waals surface area (Å²) in [6.07, 6.45) is 4.22. The zero-order valence-electron chi connectivity index (χ0n) is 12.9. The van der Waals surface area contributed by atoms with Gasteiger partial charge in [-0.05, 0) is 25.0 Å². The van der Waals surface area contributed by atoms with E-state index in [1.807, 2.05) is 30.2 Å². The normalized spacial score (nSPS) is 25.0. The van der Waals surface area contributed by atoms with Crippen LogP contribution in [-0.4, -0.2) is 24.4 Å². The van der Waals surface area contributed by atoms with E-state index in [2.05, 4.69) is 38.9 Å². The average Bonchev–Trinajstić information content (AvgIpc) is 3.22. The van der Waals surface area contributed by atoms with Crippen LogP contribution in [0.15, 0.2) is 42.9 Å². The molecule has 5 nitrogen and oxygen atoms in total. The summed E-state index contributed by atoms with van der Waals surface area (Å²) in [7, 11) is 0. The van der Waals surface area contributed by atoms with E-state index in [1.165, 1.54) is 11.1 Å². The Morgan fingerprint density at radius 3 is 3.04 bits per heavy atom. The molecule has 23 heavy (non-hydrogen) atoms. The number of hydrogen-bond acceptors (Lipinski definition) is 3. The third-order valence-electron chi connectivity index (χ3n) is 5.24. The van der Waals surface area contributed by atoms with Crippen LogP contribution < -0.4 is 0 Å². The number of hydrogen-bond donors (Lipinski definition) is 1. The summed E-state index contributed by atoms with van der Waals surface area (Å²) in [5, 5.41) is 15.5.